The van der Waals surface area contributed by atoms with E-state index in [4.69, 9.17) is 14.2 Å². The molecule has 0 saturated carbocycles. The van der Waals surface area contributed by atoms with Gasteiger partial charge in [-0.1, -0.05) is 199 Å². The van der Waals surface area contributed by atoms with Crippen LogP contribution in [0.1, 0.15) is 201 Å². The Bertz CT molecular complexity index is 1450. The number of rotatable bonds is 46. The van der Waals surface area contributed by atoms with Gasteiger partial charge in [0.2, 0.25) is 0 Å². The summed E-state index contributed by atoms with van der Waals surface area (Å²) in [6.45, 7) is 7.35. The van der Waals surface area contributed by atoms with Gasteiger partial charge in [-0.3, -0.25) is 9.59 Å². The lowest BCUT2D eigenvalue weighted by molar-refractivity contribution is -0.163. The van der Waals surface area contributed by atoms with Crippen LogP contribution in [0.5, 0.6) is 0 Å². The summed E-state index contributed by atoms with van der Waals surface area (Å²) in [4.78, 5) is 25.4. The van der Waals surface area contributed by atoms with Crippen LogP contribution in [-0.4, -0.2) is 37.9 Å². The molecule has 1 unspecified atom stereocenters. The Balaban J connectivity index is 4.43. The summed E-state index contributed by atoms with van der Waals surface area (Å²) in [6.07, 6.45) is 80.0. The van der Waals surface area contributed by atoms with E-state index < -0.39 is 6.10 Å². The second kappa shape index (κ2) is 55.1. The van der Waals surface area contributed by atoms with Crippen LogP contribution in [0.4, 0.5) is 0 Å². The van der Waals surface area contributed by atoms with Crippen molar-refractivity contribution in [2.24, 2.45) is 0 Å². The fourth-order valence-electron chi connectivity index (χ4n) is 6.54. The smallest absolute Gasteiger partial charge is 0.306 e. The topological polar surface area (TPSA) is 61.8 Å². The summed E-state index contributed by atoms with van der Waals surface area (Å²) in [5, 5.41) is 0. The first-order valence-electron chi connectivity index (χ1n) is 26.4. The second-order valence-electron chi connectivity index (χ2n) is 16.6. The van der Waals surface area contributed by atoms with Gasteiger partial charge in [-0.15, -0.1) is 0 Å². The summed E-state index contributed by atoms with van der Waals surface area (Å²) < 4.78 is 17.3. The molecule has 0 aliphatic heterocycles. The highest BCUT2D eigenvalue weighted by Crippen LogP contribution is 2.11. The van der Waals surface area contributed by atoms with Gasteiger partial charge in [0.1, 0.15) is 6.61 Å². The molecular weight excluding hydrogens is 813 g/mol. The average Bonchev–Trinajstić information content (AvgIpc) is 3.32. The number of allylic oxidation sites excluding steroid dienone is 24. The molecule has 0 amide bonds. The molecule has 0 N–H and O–H groups in total. The average molecular weight is 909 g/mol. The molecule has 0 spiro atoms. The number of carbonyl (C=O) groups is 2. The Morgan fingerprint density at radius 1 is 0.333 bits per heavy atom. The predicted molar refractivity (Wildman–Crippen MR) is 288 cm³/mol. The summed E-state index contributed by atoms with van der Waals surface area (Å²) in [6, 6.07) is 0. The Hall–Kier alpha value is -4.22. The van der Waals surface area contributed by atoms with Crippen LogP contribution < -0.4 is 0 Å². The highest BCUT2D eigenvalue weighted by Gasteiger charge is 2.17. The molecule has 1 atom stereocenters. The van der Waals surface area contributed by atoms with Gasteiger partial charge in [0.05, 0.1) is 6.61 Å². The van der Waals surface area contributed by atoms with E-state index >= 15 is 0 Å². The van der Waals surface area contributed by atoms with Gasteiger partial charge in [-0.25, -0.2) is 0 Å². The van der Waals surface area contributed by atoms with Crippen molar-refractivity contribution in [3.8, 4) is 0 Å². The molecule has 0 fully saturated rings. The van der Waals surface area contributed by atoms with Gasteiger partial charge in [-0.2, -0.15) is 0 Å². The summed E-state index contributed by atoms with van der Waals surface area (Å²) in [7, 11) is 0. The molecule has 0 rings (SSSR count). The normalized spacial score (nSPS) is 13.4. The van der Waals surface area contributed by atoms with Gasteiger partial charge in [0, 0.05) is 19.4 Å². The molecule has 5 heteroatoms. The van der Waals surface area contributed by atoms with Crippen molar-refractivity contribution in [2.45, 2.75) is 207 Å². The SMILES string of the molecule is CC/C=C\C/C=C\C/C=C\C/C=C\C/C=C\CCCCCCOCC(COC(=O)CCCCCC/C=C\C/C=C\C/C=C\C/C=C\CC)OC(=O)CCCCC/C=C\C/C=C\C/C=C\CC. The quantitative estimate of drug-likeness (QED) is 0.0346. The number of unbranched alkanes of at least 4 members (excludes halogenated alkanes) is 11. The van der Waals surface area contributed by atoms with Crippen LogP contribution in [0, 0.1) is 0 Å². The van der Waals surface area contributed by atoms with Gasteiger partial charge in [0.15, 0.2) is 6.10 Å². The van der Waals surface area contributed by atoms with E-state index in [9.17, 15) is 9.59 Å². The highest BCUT2D eigenvalue weighted by molar-refractivity contribution is 5.70. The molecule has 0 aromatic carbocycles. The lowest BCUT2D eigenvalue weighted by atomic mass is 10.1. The third-order valence-electron chi connectivity index (χ3n) is 10.4. The fraction of sp³-hybridized carbons (Fsp3) is 0.574. The lowest BCUT2D eigenvalue weighted by Crippen LogP contribution is -2.30. The molecule has 0 aliphatic rings. The van der Waals surface area contributed by atoms with E-state index in [1.54, 1.807) is 0 Å². The minimum atomic E-state index is -0.587. The molecule has 0 aliphatic carbocycles. The summed E-state index contributed by atoms with van der Waals surface area (Å²) in [5.74, 6) is -0.486. The molecule has 0 radical (unpaired) electrons. The number of hydrogen-bond donors (Lipinski definition) is 0. The van der Waals surface area contributed by atoms with Crippen molar-refractivity contribution in [1.82, 2.24) is 0 Å². The van der Waals surface area contributed by atoms with Crippen LogP contribution in [0.2, 0.25) is 0 Å². The maximum Gasteiger partial charge on any atom is 0.306 e. The first kappa shape index (κ1) is 61.8. The zero-order valence-corrected chi connectivity index (χ0v) is 42.4. The van der Waals surface area contributed by atoms with E-state index in [0.717, 1.165) is 167 Å². The molecule has 0 aromatic heterocycles. The largest absolute Gasteiger partial charge is 0.462 e. The van der Waals surface area contributed by atoms with Crippen molar-refractivity contribution in [3.63, 3.8) is 0 Å². The first-order valence-corrected chi connectivity index (χ1v) is 26.4. The van der Waals surface area contributed by atoms with Crippen molar-refractivity contribution in [1.29, 1.82) is 0 Å². The van der Waals surface area contributed by atoms with Crippen molar-refractivity contribution >= 4 is 11.9 Å². The van der Waals surface area contributed by atoms with Crippen LogP contribution in [-0.2, 0) is 23.8 Å². The lowest BCUT2D eigenvalue weighted by Gasteiger charge is -2.18. The van der Waals surface area contributed by atoms with E-state index in [2.05, 4.69) is 167 Å². The summed E-state index contributed by atoms with van der Waals surface area (Å²) >= 11 is 0. The molecule has 0 aromatic rings. The van der Waals surface area contributed by atoms with E-state index in [1.165, 1.54) is 0 Å². The van der Waals surface area contributed by atoms with Crippen LogP contribution in [0.15, 0.2) is 146 Å². The zero-order valence-electron chi connectivity index (χ0n) is 42.4. The van der Waals surface area contributed by atoms with Crippen LogP contribution in [0.25, 0.3) is 0 Å². The van der Waals surface area contributed by atoms with Crippen LogP contribution >= 0.6 is 0 Å². The van der Waals surface area contributed by atoms with Gasteiger partial charge in [-0.05, 0) is 135 Å². The maximum atomic E-state index is 12.8. The Kier molecular flexibility index (Phi) is 51.6. The van der Waals surface area contributed by atoms with E-state index in [-0.39, 0.29) is 25.2 Å². The Labute approximate surface area is 406 Å². The Morgan fingerprint density at radius 2 is 0.636 bits per heavy atom. The number of ether oxygens (including phenoxy) is 3. The minimum absolute atomic E-state index is 0.0395. The van der Waals surface area contributed by atoms with E-state index in [0.29, 0.717) is 19.4 Å². The third-order valence-corrected chi connectivity index (χ3v) is 10.4. The third kappa shape index (κ3) is 52.4. The zero-order chi connectivity index (χ0) is 47.7. The van der Waals surface area contributed by atoms with Gasteiger partial charge >= 0.3 is 11.9 Å². The number of esters is 2. The Morgan fingerprint density at radius 3 is 1.02 bits per heavy atom. The number of carbonyl (C=O) groups excluding carboxylic acids is 2. The first-order chi connectivity index (χ1) is 32.6. The molecule has 370 valence electrons. The van der Waals surface area contributed by atoms with Gasteiger partial charge in [0.25, 0.3) is 0 Å². The molecule has 0 heterocycles. The van der Waals surface area contributed by atoms with Gasteiger partial charge < -0.3 is 14.2 Å². The van der Waals surface area contributed by atoms with Crippen molar-refractivity contribution < 1.29 is 23.8 Å². The summed E-state index contributed by atoms with van der Waals surface area (Å²) in [5.41, 5.74) is 0. The molecule has 0 bridgehead atoms. The number of hydrogen-bond acceptors (Lipinski definition) is 5. The van der Waals surface area contributed by atoms with E-state index in [1.807, 2.05) is 0 Å². The molecule has 66 heavy (non-hydrogen) atoms. The predicted octanol–water partition coefficient (Wildman–Crippen LogP) is 18.1. The molecule has 5 nitrogen and oxygen atoms in total. The molecular formula is C61H96O5. The highest BCUT2D eigenvalue weighted by atomic mass is 16.6. The second-order valence-corrected chi connectivity index (χ2v) is 16.6. The minimum Gasteiger partial charge on any atom is -0.462 e. The molecule has 0 saturated heterocycles. The standard InChI is InChI=1S/C61H96O5/c1-4-7-10-13-16-19-22-25-27-29-30-31-33-35-38-41-44-47-50-53-56-64-57-59(66-61(63)55-52-49-46-43-40-36-24-21-18-15-12-9-6-3)58-65-60(62)54-51-48-45-42-39-37-34-32-28-26-23-20-17-14-11-8-5-2/h7-12,16-21,25-28,30-31,34-38,40,59H,4-6,13-15,22-24,29,32-33,39,41-58H2,1-3H3/b10-7-,11-8-,12-9-,19-16-,20-17-,21-18-,27-25-,28-26-,31-30-,37-34-,38-35-,40-36-. The van der Waals surface area contributed by atoms with Crippen molar-refractivity contribution in [2.75, 3.05) is 19.8 Å². The van der Waals surface area contributed by atoms with Crippen LogP contribution in [0.3, 0.4) is 0 Å². The fourth-order valence-corrected chi connectivity index (χ4v) is 6.54. The maximum absolute atomic E-state index is 12.8. The van der Waals surface area contributed by atoms with Crippen molar-refractivity contribution in [3.05, 3.63) is 146 Å². The monoisotopic (exact) mass is 909 g/mol.